The van der Waals surface area contributed by atoms with Gasteiger partial charge in [0.2, 0.25) is 10.0 Å². The van der Waals surface area contributed by atoms with Gasteiger partial charge in [0.05, 0.1) is 17.5 Å². The van der Waals surface area contributed by atoms with Gasteiger partial charge in [-0.15, -0.1) is 0 Å². The summed E-state index contributed by atoms with van der Waals surface area (Å²) in [5.41, 5.74) is 0.542. The average molecular weight is 378 g/mol. The molecule has 0 spiro atoms. The van der Waals surface area contributed by atoms with Crippen molar-refractivity contribution in [2.75, 3.05) is 13.2 Å². The fourth-order valence-electron chi connectivity index (χ4n) is 2.53. The van der Waals surface area contributed by atoms with Gasteiger partial charge in [0.25, 0.3) is 5.91 Å². The SMILES string of the molecule is O=C1COC(=O)N1CC(NS(=O)(=O)c1cccc(F)c1)c1ccccc1. The van der Waals surface area contributed by atoms with Gasteiger partial charge in [-0.1, -0.05) is 36.4 Å². The number of nitrogens with zero attached hydrogens (tertiary/aromatic N) is 1. The average Bonchev–Trinajstić information content (AvgIpc) is 2.93. The molecule has 9 heteroatoms. The van der Waals surface area contributed by atoms with Crippen LogP contribution >= 0.6 is 0 Å². The van der Waals surface area contributed by atoms with Crippen molar-refractivity contribution in [2.45, 2.75) is 10.9 Å². The van der Waals surface area contributed by atoms with Crippen LogP contribution in [0.5, 0.6) is 0 Å². The van der Waals surface area contributed by atoms with Crippen LogP contribution in [0.4, 0.5) is 9.18 Å². The van der Waals surface area contributed by atoms with E-state index in [-0.39, 0.29) is 18.0 Å². The first kappa shape index (κ1) is 18.0. The second-order valence-corrected chi connectivity index (χ2v) is 7.31. The second-order valence-electron chi connectivity index (χ2n) is 5.60. The standard InChI is InChI=1S/C17H15FN2O5S/c18-13-7-4-8-14(9-13)26(23,24)19-15(12-5-2-1-3-6-12)10-20-16(21)11-25-17(20)22/h1-9,15,19H,10-11H2. The van der Waals surface area contributed by atoms with Crippen molar-refractivity contribution in [2.24, 2.45) is 0 Å². The molecule has 1 fully saturated rings. The van der Waals surface area contributed by atoms with Gasteiger partial charge in [0.15, 0.2) is 6.61 Å². The largest absolute Gasteiger partial charge is 0.439 e. The molecule has 0 saturated carbocycles. The molecule has 0 bridgehead atoms. The molecular formula is C17H15FN2O5S. The van der Waals surface area contributed by atoms with Gasteiger partial charge in [-0.25, -0.2) is 27.2 Å². The number of rotatable bonds is 6. The maximum Gasteiger partial charge on any atom is 0.417 e. The zero-order valence-corrected chi connectivity index (χ0v) is 14.3. The molecule has 2 aromatic carbocycles. The highest BCUT2D eigenvalue weighted by Crippen LogP contribution is 2.21. The van der Waals surface area contributed by atoms with Crippen molar-refractivity contribution in [3.8, 4) is 0 Å². The molecule has 0 radical (unpaired) electrons. The van der Waals surface area contributed by atoms with Gasteiger partial charge in [-0.2, -0.15) is 0 Å². The molecular weight excluding hydrogens is 363 g/mol. The third kappa shape index (κ3) is 3.89. The van der Waals surface area contributed by atoms with Crippen LogP contribution in [0.2, 0.25) is 0 Å². The van der Waals surface area contributed by atoms with Crippen molar-refractivity contribution >= 4 is 22.0 Å². The van der Waals surface area contributed by atoms with E-state index in [4.69, 9.17) is 0 Å². The van der Waals surface area contributed by atoms with Crippen molar-refractivity contribution in [1.29, 1.82) is 0 Å². The van der Waals surface area contributed by atoms with Crippen molar-refractivity contribution in [3.63, 3.8) is 0 Å². The Morgan fingerprint density at radius 1 is 1.12 bits per heavy atom. The number of carbonyl (C=O) groups excluding carboxylic acids is 2. The van der Waals surface area contributed by atoms with E-state index in [0.717, 1.165) is 17.0 Å². The van der Waals surface area contributed by atoms with Crippen molar-refractivity contribution < 1.29 is 27.1 Å². The lowest BCUT2D eigenvalue weighted by Gasteiger charge is -2.22. The van der Waals surface area contributed by atoms with Gasteiger partial charge in [0, 0.05) is 0 Å². The lowest BCUT2D eigenvalue weighted by Crippen LogP contribution is -2.40. The summed E-state index contributed by atoms with van der Waals surface area (Å²) >= 11 is 0. The van der Waals surface area contributed by atoms with Crippen LogP contribution in [0.15, 0.2) is 59.5 Å². The van der Waals surface area contributed by atoms with Crippen LogP contribution in [0.25, 0.3) is 0 Å². The first-order valence-corrected chi connectivity index (χ1v) is 9.15. The minimum atomic E-state index is -4.09. The summed E-state index contributed by atoms with van der Waals surface area (Å²) in [5.74, 6) is -1.25. The molecule has 0 aromatic heterocycles. The van der Waals surface area contributed by atoms with E-state index in [0.29, 0.717) is 5.56 Å². The minimum Gasteiger partial charge on any atom is -0.439 e. The lowest BCUT2D eigenvalue weighted by molar-refractivity contribution is -0.126. The van der Waals surface area contributed by atoms with Crippen LogP contribution < -0.4 is 4.72 Å². The minimum absolute atomic E-state index is 0.240. The fraction of sp³-hybridized carbons (Fsp3) is 0.176. The van der Waals surface area contributed by atoms with Crippen LogP contribution in [0.1, 0.15) is 11.6 Å². The number of carbonyl (C=O) groups is 2. The molecule has 136 valence electrons. The Morgan fingerprint density at radius 2 is 1.85 bits per heavy atom. The van der Waals surface area contributed by atoms with E-state index in [9.17, 15) is 22.4 Å². The summed E-state index contributed by atoms with van der Waals surface area (Å²) in [4.78, 5) is 24.1. The molecule has 1 aliphatic rings. The zero-order valence-electron chi connectivity index (χ0n) is 13.5. The number of hydrogen-bond acceptors (Lipinski definition) is 5. The summed E-state index contributed by atoms with van der Waals surface area (Å²) < 4.78 is 45.7. The maximum atomic E-state index is 13.4. The molecule has 7 nitrogen and oxygen atoms in total. The number of nitrogens with one attached hydrogen (secondary N) is 1. The third-order valence-electron chi connectivity index (χ3n) is 3.81. The number of hydrogen-bond donors (Lipinski definition) is 1. The number of imide groups is 1. The number of amides is 2. The summed E-state index contributed by atoms with van der Waals surface area (Å²) in [6.07, 6.45) is -0.833. The molecule has 1 saturated heterocycles. The monoisotopic (exact) mass is 378 g/mol. The Hall–Kier alpha value is -2.78. The topological polar surface area (TPSA) is 92.8 Å². The molecule has 0 aliphatic carbocycles. The third-order valence-corrected chi connectivity index (χ3v) is 5.28. The van der Waals surface area contributed by atoms with Crippen LogP contribution in [0, 0.1) is 5.82 Å². The van der Waals surface area contributed by atoms with E-state index in [2.05, 4.69) is 9.46 Å². The fourth-order valence-corrected chi connectivity index (χ4v) is 3.77. The Morgan fingerprint density at radius 3 is 2.46 bits per heavy atom. The highest BCUT2D eigenvalue weighted by atomic mass is 32.2. The summed E-state index contributed by atoms with van der Waals surface area (Å²) in [7, 11) is -4.09. The van der Waals surface area contributed by atoms with Gasteiger partial charge in [0.1, 0.15) is 5.82 Å². The number of benzene rings is 2. The number of cyclic esters (lactones) is 1. The summed E-state index contributed by atoms with van der Waals surface area (Å²) in [6.45, 7) is -0.618. The molecule has 2 aromatic rings. The molecule has 1 unspecified atom stereocenters. The molecule has 1 aliphatic heterocycles. The first-order chi connectivity index (χ1) is 12.4. The number of halogens is 1. The predicted molar refractivity (Wildman–Crippen MR) is 89.0 cm³/mol. The van der Waals surface area contributed by atoms with Crippen molar-refractivity contribution in [3.05, 3.63) is 66.0 Å². The summed E-state index contributed by atoms with van der Waals surface area (Å²) in [5, 5.41) is 0. The predicted octanol–water partition coefficient (Wildman–Crippen LogP) is 1.82. The second kappa shape index (κ2) is 7.22. The molecule has 1 heterocycles. The Balaban J connectivity index is 1.91. The van der Waals surface area contributed by atoms with E-state index < -0.39 is 33.9 Å². The molecule has 2 amide bonds. The maximum absolute atomic E-state index is 13.4. The van der Waals surface area contributed by atoms with Crippen LogP contribution in [-0.4, -0.2) is 38.5 Å². The Kier molecular flexibility index (Phi) is 5.01. The first-order valence-electron chi connectivity index (χ1n) is 7.67. The smallest absolute Gasteiger partial charge is 0.417 e. The molecule has 26 heavy (non-hydrogen) atoms. The van der Waals surface area contributed by atoms with Gasteiger partial charge >= 0.3 is 6.09 Å². The normalized spacial score (nSPS) is 15.8. The van der Waals surface area contributed by atoms with E-state index in [1.807, 2.05) is 0 Å². The molecule has 1 N–H and O–H groups in total. The van der Waals surface area contributed by atoms with Gasteiger partial charge in [-0.3, -0.25) is 4.79 Å². The highest BCUT2D eigenvalue weighted by molar-refractivity contribution is 7.89. The van der Waals surface area contributed by atoms with E-state index >= 15 is 0 Å². The molecule has 3 rings (SSSR count). The van der Waals surface area contributed by atoms with Crippen molar-refractivity contribution in [1.82, 2.24) is 9.62 Å². The van der Waals surface area contributed by atoms with Gasteiger partial charge < -0.3 is 4.74 Å². The highest BCUT2D eigenvalue weighted by Gasteiger charge is 2.34. The number of sulfonamides is 1. The zero-order chi connectivity index (χ0) is 18.7. The quantitative estimate of drug-likeness (QED) is 0.828. The van der Waals surface area contributed by atoms with E-state index in [1.54, 1.807) is 30.3 Å². The summed E-state index contributed by atoms with van der Waals surface area (Å²) in [6, 6.07) is 12.1. The number of ether oxygens (including phenoxy) is 1. The molecule has 1 atom stereocenters. The van der Waals surface area contributed by atoms with Crippen LogP contribution in [-0.2, 0) is 19.6 Å². The van der Waals surface area contributed by atoms with E-state index in [1.165, 1.54) is 12.1 Å². The van der Waals surface area contributed by atoms with Crippen LogP contribution in [0.3, 0.4) is 0 Å². The Labute approximate surface area is 149 Å². The Bertz CT molecular complexity index is 917. The van der Waals surface area contributed by atoms with Gasteiger partial charge in [-0.05, 0) is 23.8 Å². The lowest BCUT2D eigenvalue weighted by atomic mass is 10.1.